The minimum absolute atomic E-state index is 0.531. The third kappa shape index (κ3) is 4.97. The topological polar surface area (TPSA) is 6.48 Å². The molecular weight excluding hydrogens is 769 g/mol. The highest BCUT2D eigenvalue weighted by Gasteiger charge is 2.53. The molecule has 0 saturated heterocycles. The molecule has 0 fully saturated rings. The van der Waals surface area contributed by atoms with E-state index in [4.69, 9.17) is 0 Å². The Morgan fingerprint density at radius 1 is 0.323 bits per heavy atom. The molecule has 1 heterocycles. The number of benzene rings is 10. The van der Waals surface area contributed by atoms with Gasteiger partial charge in [-0.15, -0.1) is 11.3 Å². The van der Waals surface area contributed by atoms with E-state index in [-0.39, 0.29) is 0 Å². The summed E-state index contributed by atoms with van der Waals surface area (Å²) in [6, 6.07) is 85.1. The van der Waals surface area contributed by atoms with Crippen LogP contribution in [0, 0.1) is 0 Å². The summed E-state index contributed by atoms with van der Waals surface area (Å²) in [6.07, 6.45) is 0. The van der Waals surface area contributed by atoms with Crippen molar-refractivity contribution in [2.75, 3.05) is 9.80 Å². The molecule has 3 heteroatoms. The molecule has 10 aromatic carbocycles. The highest BCUT2D eigenvalue weighted by atomic mass is 32.1. The van der Waals surface area contributed by atoms with Crippen LogP contribution >= 0.6 is 11.3 Å². The van der Waals surface area contributed by atoms with Crippen molar-refractivity contribution in [1.82, 2.24) is 0 Å². The van der Waals surface area contributed by atoms with E-state index >= 15 is 0 Å². The number of thiophene rings is 1. The minimum Gasteiger partial charge on any atom is -0.310 e. The van der Waals surface area contributed by atoms with Gasteiger partial charge in [0, 0.05) is 43.4 Å². The van der Waals surface area contributed by atoms with Gasteiger partial charge in [0.05, 0.1) is 11.1 Å². The first-order valence-corrected chi connectivity index (χ1v) is 22.2. The molecule has 1 spiro atoms. The van der Waals surface area contributed by atoms with Gasteiger partial charge in [-0.3, -0.25) is 0 Å². The monoisotopic (exact) mass is 806 g/mol. The van der Waals surface area contributed by atoms with Crippen LogP contribution in [0.25, 0.3) is 53.2 Å². The van der Waals surface area contributed by atoms with E-state index in [0.717, 1.165) is 34.1 Å². The molecule has 2 aliphatic carbocycles. The van der Waals surface area contributed by atoms with E-state index < -0.39 is 5.41 Å². The Bertz CT molecular complexity index is 3500. The number of hydrogen-bond donors (Lipinski definition) is 0. The van der Waals surface area contributed by atoms with Gasteiger partial charge in [0.15, 0.2) is 0 Å². The molecule has 1 aromatic heterocycles. The summed E-state index contributed by atoms with van der Waals surface area (Å²) in [6.45, 7) is 0. The summed E-state index contributed by atoms with van der Waals surface area (Å²) < 4.78 is 1.31. The molecule has 0 bridgehead atoms. The zero-order valence-corrected chi connectivity index (χ0v) is 34.6. The Labute approximate surface area is 364 Å². The normalized spacial score (nSPS) is 14.5. The second kappa shape index (κ2) is 13.7. The molecule has 290 valence electrons. The summed E-state index contributed by atoms with van der Waals surface area (Å²) in [7, 11) is 0. The second-order valence-corrected chi connectivity index (χ2v) is 17.4. The number of anilines is 6. The first kappa shape index (κ1) is 35.1. The fourth-order valence-corrected chi connectivity index (χ4v) is 12.0. The van der Waals surface area contributed by atoms with Crippen LogP contribution in [0.1, 0.15) is 22.3 Å². The number of rotatable bonds is 6. The number of fused-ring (bicyclic) bond motifs is 15. The van der Waals surface area contributed by atoms with Crippen LogP contribution in [0.5, 0.6) is 0 Å². The average Bonchev–Trinajstić information content (AvgIpc) is 3.96. The van der Waals surface area contributed by atoms with Gasteiger partial charge in [0.1, 0.15) is 0 Å². The lowest BCUT2D eigenvalue weighted by Gasteiger charge is -2.33. The van der Waals surface area contributed by atoms with E-state index in [0.29, 0.717) is 0 Å². The van der Waals surface area contributed by atoms with Crippen LogP contribution in [0.2, 0.25) is 0 Å². The van der Waals surface area contributed by atoms with Crippen LogP contribution < -0.4 is 9.80 Å². The van der Waals surface area contributed by atoms with Gasteiger partial charge in [0.25, 0.3) is 0 Å². The summed E-state index contributed by atoms with van der Waals surface area (Å²) in [5, 5.41) is 6.29. The highest BCUT2D eigenvalue weighted by molar-refractivity contribution is 7.22. The first-order valence-electron chi connectivity index (χ1n) is 21.3. The molecule has 11 aromatic rings. The molecule has 0 N–H and O–H groups in total. The largest absolute Gasteiger partial charge is 0.310 e. The van der Waals surface area contributed by atoms with E-state index in [2.05, 4.69) is 240 Å². The molecule has 1 atom stereocenters. The lowest BCUT2D eigenvalue weighted by molar-refractivity contribution is 0.802. The Kier molecular flexibility index (Phi) is 7.72. The summed E-state index contributed by atoms with van der Waals surface area (Å²) in [5.74, 6) is 0. The Hall–Kier alpha value is -7.72. The molecule has 1 unspecified atom stereocenters. The van der Waals surface area contributed by atoms with Crippen molar-refractivity contribution in [3.8, 4) is 21.6 Å². The second-order valence-electron chi connectivity index (χ2n) is 16.4. The fourth-order valence-electron chi connectivity index (χ4n) is 10.7. The maximum absolute atomic E-state index is 2.49. The van der Waals surface area contributed by atoms with Crippen molar-refractivity contribution in [3.63, 3.8) is 0 Å². The van der Waals surface area contributed by atoms with Crippen molar-refractivity contribution in [3.05, 3.63) is 253 Å². The van der Waals surface area contributed by atoms with E-state index in [1.807, 2.05) is 11.3 Å². The number of nitrogens with zero attached hydrogens (tertiary/aromatic N) is 2. The van der Waals surface area contributed by atoms with Crippen molar-refractivity contribution in [2.45, 2.75) is 5.41 Å². The summed E-state index contributed by atoms with van der Waals surface area (Å²) in [5.41, 5.74) is 15.6. The van der Waals surface area contributed by atoms with Gasteiger partial charge in [-0.25, -0.2) is 0 Å². The third-order valence-corrected chi connectivity index (χ3v) is 14.4. The SMILES string of the molecule is c1ccc(N(c2ccccc2)c2ccc3c(c2)C2(c4ccccc4-3)c3ccc(N(c4ccccc4)c4cc5ccccc5c5ccccc45)cc3-c3sc4ccccc4c32)cc1. The molecule has 0 amide bonds. The Balaban J connectivity index is 1.10. The Morgan fingerprint density at radius 3 is 1.60 bits per heavy atom. The van der Waals surface area contributed by atoms with E-state index in [1.54, 1.807) is 0 Å². The number of hydrogen-bond acceptors (Lipinski definition) is 3. The first-order chi connectivity index (χ1) is 30.8. The van der Waals surface area contributed by atoms with Crippen LogP contribution in [0.15, 0.2) is 231 Å². The molecule has 0 aliphatic heterocycles. The smallest absolute Gasteiger partial charge is 0.0740 e. The average molecular weight is 807 g/mol. The lowest BCUT2D eigenvalue weighted by atomic mass is 9.70. The molecule has 2 aliphatic rings. The highest BCUT2D eigenvalue weighted by Crippen LogP contribution is 2.67. The summed E-state index contributed by atoms with van der Waals surface area (Å²) >= 11 is 1.93. The zero-order valence-electron chi connectivity index (χ0n) is 33.7. The van der Waals surface area contributed by atoms with Gasteiger partial charge < -0.3 is 9.80 Å². The van der Waals surface area contributed by atoms with E-state index in [1.165, 1.54) is 75.5 Å². The molecule has 0 radical (unpaired) electrons. The van der Waals surface area contributed by atoms with Crippen molar-refractivity contribution >= 4 is 77.1 Å². The van der Waals surface area contributed by atoms with Crippen molar-refractivity contribution in [2.24, 2.45) is 0 Å². The molecular formula is C59H38N2S. The standard InChI is InChI=1S/C59H38N2S/c1-4-19-40(20-5-1)60(41-21-6-2-7-22-41)44-32-34-48-47-27-14-16-30-52(47)59(54(48)38-44)53-35-33-43(37-51(53)58-57(59)50-29-15-17-31-56(50)62-58)61(42-23-8-3-9-24-42)55-36-39-18-10-11-25-45(39)46-26-12-13-28-49(46)55/h1-38H. The van der Waals surface area contributed by atoms with Gasteiger partial charge in [-0.1, -0.05) is 158 Å². The van der Waals surface area contributed by atoms with Crippen LogP contribution in [-0.4, -0.2) is 0 Å². The molecule has 0 saturated carbocycles. The Morgan fingerprint density at radius 2 is 0.855 bits per heavy atom. The maximum Gasteiger partial charge on any atom is 0.0740 e. The van der Waals surface area contributed by atoms with Gasteiger partial charge in [0.2, 0.25) is 0 Å². The van der Waals surface area contributed by atoms with E-state index in [9.17, 15) is 0 Å². The lowest BCUT2D eigenvalue weighted by Crippen LogP contribution is -2.26. The third-order valence-electron chi connectivity index (χ3n) is 13.2. The fraction of sp³-hybridized carbons (Fsp3) is 0.0169. The summed E-state index contributed by atoms with van der Waals surface area (Å²) in [4.78, 5) is 6.21. The van der Waals surface area contributed by atoms with Crippen LogP contribution in [0.3, 0.4) is 0 Å². The molecule has 62 heavy (non-hydrogen) atoms. The van der Waals surface area contributed by atoms with Crippen LogP contribution in [0.4, 0.5) is 34.1 Å². The number of para-hydroxylation sites is 3. The van der Waals surface area contributed by atoms with Gasteiger partial charge >= 0.3 is 0 Å². The molecule has 2 nitrogen and oxygen atoms in total. The minimum atomic E-state index is -0.531. The van der Waals surface area contributed by atoms with Crippen molar-refractivity contribution in [1.29, 1.82) is 0 Å². The van der Waals surface area contributed by atoms with Gasteiger partial charge in [-0.2, -0.15) is 0 Å². The van der Waals surface area contributed by atoms with Crippen molar-refractivity contribution < 1.29 is 0 Å². The van der Waals surface area contributed by atoms with Gasteiger partial charge in [-0.05, 0) is 133 Å². The predicted octanol–water partition coefficient (Wildman–Crippen LogP) is 16.5. The zero-order chi connectivity index (χ0) is 40.8. The molecule has 13 rings (SSSR count). The maximum atomic E-state index is 2.49. The van der Waals surface area contributed by atoms with Crippen LogP contribution in [-0.2, 0) is 5.41 Å². The predicted molar refractivity (Wildman–Crippen MR) is 263 cm³/mol. The quantitative estimate of drug-likeness (QED) is 0.154.